The molecule has 2 N–H and O–H groups in total. The maximum atomic E-state index is 9.23. The molecule has 0 aliphatic rings. The van der Waals surface area contributed by atoms with Gasteiger partial charge in [0.25, 0.3) is 0 Å². The van der Waals surface area contributed by atoms with Crippen molar-refractivity contribution in [1.82, 2.24) is 0 Å². The van der Waals surface area contributed by atoms with Gasteiger partial charge in [0, 0.05) is 10.6 Å². The van der Waals surface area contributed by atoms with Crippen LogP contribution in [0.3, 0.4) is 0 Å². The number of anilines is 1. The van der Waals surface area contributed by atoms with E-state index in [1.54, 1.807) is 24.3 Å². The Morgan fingerprint density at radius 2 is 2.05 bits per heavy atom. The molecule has 3 nitrogen and oxygen atoms in total. The minimum atomic E-state index is 0.415. The summed E-state index contributed by atoms with van der Waals surface area (Å²) in [6.07, 6.45) is 1.91. The number of hydrogen-bond acceptors (Lipinski definition) is 4. The van der Waals surface area contributed by atoms with Crippen LogP contribution in [0.5, 0.6) is 11.5 Å². The van der Waals surface area contributed by atoms with Crippen molar-refractivity contribution in [1.29, 1.82) is 5.26 Å². The average Bonchev–Trinajstić information content (AvgIpc) is 2.41. The summed E-state index contributed by atoms with van der Waals surface area (Å²) in [5.74, 6) is 0.964. The zero-order valence-electron chi connectivity index (χ0n) is 10.2. The first-order valence-electron chi connectivity index (χ1n) is 5.45. The number of rotatable bonds is 3. The lowest BCUT2D eigenvalue weighted by molar-refractivity contribution is 0.480. The van der Waals surface area contributed by atoms with Crippen LogP contribution < -0.4 is 10.5 Å². The van der Waals surface area contributed by atoms with Crippen molar-refractivity contribution in [3.05, 3.63) is 47.0 Å². The number of halogens is 1. The van der Waals surface area contributed by atoms with E-state index in [1.165, 1.54) is 11.8 Å². The monoisotopic (exact) mass is 290 g/mol. The Labute approximate surface area is 120 Å². The molecule has 0 unspecified atom stereocenters. The SMILES string of the molecule is CSc1cccc(Oc2ccc(N)cc2Cl)c1C#N. The molecule has 0 radical (unpaired) electrons. The first-order chi connectivity index (χ1) is 9.15. The predicted octanol–water partition coefficient (Wildman–Crippen LogP) is 4.31. The van der Waals surface area contributed by atoms with Crippen molar-refractivity contribution in [3.8, 4) is 17.6 Å². The number of nitriles is 1. The standard InChI is InChI=1S/C14H11ClN2OS/c1-19-14-4-2-3-12(10(14)8-16)18-13-6-5-9(17)7-11(13)15/h2-7H,17H2,1H3. The number of benzene rings is 2. The second-order valence-electron chi connectivity index (χ2n) is 3.74. The zero-order valence-corrected chi connectivity index (χ0v) is 11.8. The Hall–Kier alpha value is -1.83. The quantitative estimate of drug-likeness (QED) is 0.676. The highest BCUT2D eigenvalue weighted by molar-refractivity contribution is 7.98. The molecule has 2 aromatic rings. The molecule has 19 heavy (non-hydrogen) atoms. The zero-order chi connectivity index (χ0) is 13.8. The minimum Gasteiger partial charge on any atom is -0.454 e. The molecular formula is C14H11ClN2OS. The topological polar surface area (TPSA) is 59.0 Å². The first kappa shape index (κ1) is 13.6. The molecule has 0 amide bonds. The van der Waals surface area contributed by atoms with Crippen molar-refractivity contribution in [3.63, 3.8) is 0 Å². The molecule has 0 saturated carbocycles. The lowest BCUT2D eigenvalue weighted by atomic mass is 10.2. The van der Waals surface area contributed by atoms with Gasteiger partial charge in [0.15, 0.2) is 0 Å². The van der Waals surface area contributed by atoms with Crippen LogP contribution in [0.15, 0.2) is 41.3 Å². The van der Waals surface area contributed by atoms with Gasteiger partial charge in [-0.1, -0.05) is 17.7 Å². The van der Waals surface area contributed by atoms with Gasteiger partial charge in [-0.2, -0.15) is 5.26 Å². The fourth-order valence-electron chi connectivity index (χ4n) is 1.59. The number of hydrogen-bond donors (Lipinski definition) is 1. The Morgan fingerprint density at radius 1 is 1.26 bits per heavy atom. The molecule has 0 heterocycles. The largest absolute Gasteiger partial charge is 0.454 e. The van der Waals surface area contributed by atoms with Crippen LogP contribution in [-0.2, 0) is 0 Å². The molecule has 0 fully saturated rings. The molecule has 0 saturated heterocycles. The summed E-state index contributed by atoms with van der Waals surface area (Å²) in [4.78, 5) is 0.867. The van der Waals surface area contributed by atoms with E-state index in [0.29, 0.717) is 27.8 Å². The van der Waals surface area contributed by atoms with Crippen LogP contribution >= 0.6 is 23.4 Å². The third-order valence-electron chi connectivity index (χ3n) is 2.50. The van der Waals surface area contributed by atoms with Gasteiger partial charge in [-0.05, 0) is 36.6 Å². The highest BCUT2D eigenvalue weighted by atomic mass is 35.5. The molecule has 0 aliphatic carbocycles. The summed E-state index contributed by atoms with van der Waals surface area (Å²) in [5.41, 5.74) is 6.70. The van der Waals surface area contributed by atoms with Gasteiger partial charge in [0.1, 0.15) is 23.1 Å². The van der Waals surface area contributed by atoms with E-state index in [-0.39, 0.29) is 0 Å². The fraction of sp³-hybridized carbons (Fsp3) is 0.0714. The third kappa shape index (κ3) is 2.95. The molecule has 96 valence electrons. The molecule has 2 rings (SSSR count). The normalized spacial score (nSPS) is 9.95. The number of ether oxygens (including phenoxy) is 1. The molecular weight excluding hydrogens is 280 g/mol. The summed E-state index contributed by atoms with van der Waals surface area (Å²) in [6, 6.07) is 12.6. The van der Waals surface area contributed by atoms with E-state index in [1.807, 2.05) is 18.4 Å². The summed E-state index contributed by atoms with van der Waals surface area (Å²) < 4.78 is 5.71. The summed E-state index contributed by atoms with van der Waals surface area (Å²) >= 11 is 7.55. The summed E-state index contributed by atoms with van der Waals surface area (Å²) in [5, 5.41) is 9.64. The molecule has 2 aromatic carbocycles. The maximum Gasteiger partial charge on any atom is 0.146 e. The lowest BCUT2D eigenvalue weighted by Gasteiger charge is -2.11. The number of nitrogens with zero attached hydrogens (tertiary/aromatic N) is 1. The first-order valence-corrected chi connectivity index (χ1v) is 7.06. The van der Waals surface area contributed by atoms with E-state index in [2.05, 4.69) is 6.07 Å². The highest BCUT2D eigenvalue weighted by Crippen LogP contribution is 2.35. The Kier molecular flexibility index (Phi) is 4.20. The van der Waals surface area contributed by atoms with Crippen molar-refractivity contribution in [2.75, 3.05) is 12.0 Å². The van der Waals surface area contributed by atoms with Gasteiger partial charge in [0.2, 0.25) is 0 Å². The van der Waals surface area contributed by atoms with Crippen LogP contribution in [0.2, 0.25) is 5.02 Å². The lowest BCUT2D eigenvalue weighted by Crippen LogP contribution is -1.92. The van der Waals surface area contributed by atoms with E-state index >= 15 is 0 Å². The third-order valence-corrected chi connectivity index (χ3v) is 3.57. The van der Waals surface area contributed by atoms with Crippen molar-refractivity contribution >= 4 is 29.1 Å². The molecule has 0 spiro atoms. The predicted molar refractivity (Wildman–Crippen MR) is 78.9 cm³/mol. The smallest absolute Gasteiger partial charge is 0.146 e. The van der Waals surface area contributed by atoms with E-state index in [0.717, 1.165) is 4.90 Å². The Morgan fingerprint density at radius 3 is 2.68 bits per heavy atom. The summed E-state index contributed by atoms with van der Waals surface area (Å²) in [7, 11) is 0. The van der Waals surface area contributed by atoms with Crippen LogP contribution in [0.1, 0.15) is 5.56 Å². The number of nitrogens with two attached hydrogens (primary N) is 1. The van der Waals surface area contributed by atoms with E-state index < -0.39 is 0 Å². The fourth-order valence-corrected chi connectivity index (χ4v) is 2.39. The molecule has 0 bridgehead atoms. The van der Waals surface area contributed by atoms with Gasteiger partial charge in [-0.3, -0.25) is 0 Å². The Balaban J connectivity index is 2.41. The number of thioether (sulfide) groups is 1. The summed E-state index contributed by atoms with van der Waals surface area (Å²) in [6.45, 7) is 0. The average molecular weight is 291 g/mol. The van der Waals surface area contributed by atoms with Gasteiger partial charge in [-0.25, -0.2) is 0 Å². The van der Waals surface area contributed by atoms with Crippen LogP contribution in [-0.4, -0.2) is 6.26 Å². The van der Waals surface area contributed by atoms with Crippen molar-refractivity contribution < 1.29 is 4.74 Å². The van der Waals surface area contributed by atoms with Crippen molar-refractivity contribution in [2.45, 2.75) is 4.90 Å². The van der Waals surface area contributed by atoms with E-state index in [4.69, 9.17) is 22.1 Å². The van der Waals surface area contributed by atoms with E-state index in [9.17, 15) is 5.26 Å². The van der Waals surface area contributed by atoms with Crippen molar-refractivity contribution in [2.24, 2.45) is 0 Å². The molecule has 0 aromatic heterocycles. The van der Waals surface area contributed by atoms with Gasteiger partial charge < -0.3 is 10.5 Å². The van der Waals surface area contributed by atoms with Gasteiger partial charge in [-0.15, -0.1) is 11.8 Å². The Bertz CT molecular complexity index is 652. The second kappa shape index (κ2) is 5.87. The molecule has 0 aliphatic heterocycles. The van der Waals surface area contributed by atoms with Crippen LogP contribution in [0.25, 0.3) is 0 Å². The van der Waals surface area contributed by atoms with Crippen LogP contribution in [0, 0.1) is 11.3 Å². The number of nitrogen functional groups attached to an aromatic ring is 1. The minimum absolute atomic E-state index is 0.415. The van der Waals surface area contributed by atoms with Gasteiger partial charge >= 0.3 is 0 Å². The molecule has 0 atom stereocenters. The maximum absolute atomic E-state index is 9.23. The van der Waals surface area contributed by atoms with Crippen LogP contribution in [0.4, 0.5) is 5.69 Å². The molecule has 5 heteroatoms. The second-order valence-corrected chi connectivity index (χ2v) is 4.99. The van der Waals surface area contributed by atoms with Gasteiger partial charge in [0.05, 0.1) is 5.02 Å². The highest BCUT2D eigenvalue weighted by Gasteiger charge is 2.11.